The van der Waals surface area contributed by atoms with Crippen molar-refractivity contribution in [2.24, 2.45) is 11.3 Å². The molecule has 26 heavy (non-hydrogen) atoms. The predicted molar refractivity (Wildman–Crippen MR) is 95.1 cm³/mol. The number of likely N-dealkylation sites (tertiary alicyclic amines) is 1. The molecule has 0 unspecified atom stereocenters. The number of aliphatic carboxylic acids is 1. The van der Waals surface area contributed by atoms with Crippen LogP contribution in [0.2, 0.25) is 0 Å². The number of para-hydroxylation sites is 1. The van der Waals surface area contributed by atoms with Gasteiger partial charge in [0.15, 0.2) is 0 Å². The third-order valence-corrected chi connectivity index (χ3v) is 5.44. The molecule has 2 aliphatic rings. The lowest BCUT2D eigenvalue weighted by Gasteiger charge is -2.34. The topological polar surface area (TPSA) is 88.1 Å². The standard InChI is InChI=1S/C19H26N2O5/c1-25-16-5-3-2-4-14(16)6-8-20-17(22)11-21-10-15-7-9-26-13-19(15,12-21)18(23)24/h2-5,15H,6-13H2,1H3,(H,20,22)(H,23,24)/t15-,19+/m0/s1. The van der Waals surface area contributed by atoms with Crippen LogP contribution in [0.5, 0.6) is 5.75 Å². The lowest BCUT2D eigenvalue weighted by Crippen LogP contribution is -2.46. The van der Waals surface area contributed by atoms with Crippen LogP contribution >= 0.6 is 0 Å². The molecule has 2 heterocycles. The van der Waals surface area contributed by atoms with E-state index in [4.69, 9.17) is 9.47 Å². The van der Waals surface area contributed by atoms with Gasteiger partial charge in [0.25, 0.3) is 0 Å². The average molecular weight is 362 g/mol. The quantitative estimate of drug-likeness (QED) is 0.745. The van der Waals surface area contributed by atoms with Crippen molar-refractivity contribution in [2.45, 2.75) is 12.8 Å². The van der Waals surface area contributed by atoms with Crippen molar-refractivity contribution < 1.29 is 24.2 Å². The third kappa shape index (κ3) is 3.83. The first-order valence-electron chi connectivity index (χ1n) is 8.97. The second kappa shape index (κ2) is 8.05. The molecular formula is C19H26N2O5. The molecule has 0 aliphatic carbocycles. The molecular weight excluding hydrogens is 336 g/mol. The molecule has 0 radical (unpaired) electrons. The summed E-state index contributed by atoms with van der Waals surface area (Å²) in [6, 6.07) is 7.73. The fourth-order valence-corrected chi connectivity index (χ4v) is 4.02. The normalized spacial score (nSPS) is 25.5. The number of methoxy groups -OCH3 is 1. The first kappa shape index (κ1) is 18.7. The zero-order chi connectivity index (χ0) is 18.6. The molecule has 0 spiro atoms. The third-order valence-electron chi connectivity index (χ3n) is 5.44. The van der Waals surface area contributed by atoms with Gasteiger partial charge in [0.1, 0.15) is 11.2 Å². The molecule has 1 aromatic carbocycles. The lowest BCUT2D eigenvalue weighted by atomic mass is 9.76. The number of fused-ring (bicyclic) bond motifs is 1. The number of amides is 1. The van der Waals surface area contributed by atoms with E-state index in [0.29, 0.717) is 32.7 Å². The van der Waals surface area contributed by atoms with E-state index < -0.39 is 11.4 Å². The lowest BCUT2D eigenvalue weighted by molar-refractivity contribution is -0.160. The number of rotatable bonds is 7. The Morgan fingerprint density at radius 3 is 2.96 bits per heavy atom. The van der Waals surface area contributed by atoms with Gasteiger partial charge in [-0.05, 0) is 30.4 Å². The van der Waals surface area contributed by atoms with Crippen LogP contribution in [-0.4, -0.2) is 68.4 Å². The molecule has 1 aromatic rings. The van der Waals surface area contributed by atoms with Crippen LogP contribution in [0, 0.1) is 11.3 Å². The second-order valence-corrected chi connectivity index (χ2v) is 7.08. The van der Waals surface area contributed by atoms with Crippen molar-refractivity contribution in [2.75, 3.05) is 46.5 Å². The van der Waals surface area contributed by atoms with Gasteiger partial charge in [0, 0.05) is 26.2 Å². The monoisotopic (exact) mass is 362 g/mol. The number of benzene rings is 1. The zero-order valence-corrected chi connectivity index (χ0v) is 15.1. The summed E-state index contributed by atoms with van der Waals surface area (Å²) >= 11 is 0. The van der Waals surface area contributed by atoms with E-state index in [2.05, 4.69) is 5.32 Å². The number of carbonyl (C=O) groups excluding carboxylic acids is 1. The molecule has 0 aromatic heterocycles. The molecule has 1 amide bonds. The average Bonchev–Trinajstić information content (AvgIpc) is 3.01. The van der Waals surface area contributed by atoms with Crippen LogP contribution in [0.1, 0.15) is 12.0 Å². The Kier molecular flexibility index (Phi) is 5.78. The van der Waals surface area contributed by atoms with Gasteiger partial charge < -0.3 is 19.9 Å². The van der Waals surface area contributed by atoms with Crippen molar-refractivity contribution in [1.82, 2.24) is 10.2 Å². The van der Waals surface area contributed by atoms with E-state index in [0.717, 1.165) is 17.7 Å². The fourth-order valence-electron chi connectivity index (χ4n) is 4.02. The van der Waals surface area contributed by atoms with Crippen molar-refractivity contribution >= 4 is 11.9 Å². The minimum absolute atomic E-state index is 0.0510. The number of hydrogen-bond acceptors (Lipinski definition) is 5. The summed E-state index contributed by atoms with van der Waals surface area (Å²) in [5, 5.41) is 12.6. The molecule has 0 bridgehead atoms. The number of ether oxygens (including phenoxy) is 2. The summed E-state index contributed by atoms with van der Waals surface area (Å²) in [7, 11) is 1.63. The van der Waals surface area contributed by atoms with Gasteiger partial charge >= 0.3 is 5.97 Å². The first-order chi connectivity index (χ1) is 12.5. The maximum absolute atomic E-state index is 12.3. The molecule has 0 saturated carbocycles. The van der Waals surface area contributed by atoms with Crippen LogP contribution in [0.15, 0.2) is 24.3 Å². The van der Waals surface area contributed by atoms with Crippen molar-refractivity contribution in [3.05, 3.63) is 29.8 Å². The SMILES string of the molecule is COc1ccccc1CCNC(=O)CN1C[C@@H]2CCOC[C@]2(C(=O)O)C1. The zero-order valence-electron chi connectivity index (χ0n) is 15.1. The summed E-state index contributed by atoms with van der Waals surface area (Å²) < 4.78 is 10.7. The molecule has 2 fully saturated rings. The molecule has 7 heteroatoms. The van der Waals surface area contributed by atoms with E-state index in [1.54, 1.807) is 7.11 Å². The van der Waals surface area contributed by atoms with Crippen molar-refractivity contribution in [3.8, 4) is 5.75 Å². The summed E-state index contributed by atoms with van der Waals surface area (Å²) in [5.41, 5.74) is 0.181. The Morgan fingerprint density at radius 2 is 2.23 bits per heavy atom. The summed E-state index contributed by atoms with van der Waals surface area (Å²) in [4.78, 5) is 26.0. The van der Waals surface area contributed by atoms with Crippen LogP contribution in [-0.2, 0) is 20.7 Å². The summed E-state index contributed by atoms with van der Waals surface area (Å²) in [6.07, 6.45) is 1.42. The highest BCUT2D eigenvalue weighted by Crippen LogP contribution is 2.41. The number of carbonyl (C=O) groups is 2. The van der Waals surface area contributed by atoms with Gasteiger partial charge in [-0.2, -0.15) is 0 Å². The Bertz CT molecular complexity index is 665. The van der Waals surface area contributed by atoms with E-state index in [9.17, 15) is 14.7 Å². The largest absolute Gasteiger partial charge is 0.496 e. The van der Waals surface area contributed by atoms with Gasteiger partial charge in [0.2, 0.25) is 5.91 Å². The molecule has 3 rings (SSSR count). The highest BCUT2D eigenvalue weighted by Gasteiger charge is 2.54. The fraction of sp³-hybridized carbons (Fsp3) is 0.579. The van der Waals surface area contributed by atoms with Gasteiger partial charge in [-0.25, -0.2) is 0 Å². The highest BCUT2D eigenvalue weighted by atomic mass is 16.5. The Morgan fingerprint density at radius 1 is 1.42 bits per heavy atom. The van der Waals surface area contributed by atoms with E-state index >= 15 is 0 Å². The number of hydrogen-bond donors (Lipinski definition) is 2. The molecule has 2 aliphatic heterocycles. The van der Waals surface area contributed by atoms with Gasteiger partial charge in [0.05, 0.1) is 20.3 Å². The van der Waals surface area contributed by atoms with Gasteiger partial charge in [-0.15, -0.1) is 0 Å². The van der Waals surface area contributed by atoms with Crippen LogP contribution in [0.3, 0.4) is 0 Å². The number of carboxylic acid groups (broad SMARTS) is 1. The maximum atomic E-state index is 12.3. The first-order valence-corrected chi connectivity index (χ1v) is 8.97. The number of nitrogens with one attached hydrogen (secondary N) is 1. The van der Waals surface area contributed by atoms with Crippen molar-refractivity contribution in [3.63, 3.8) is 0 Å². The van der Waals surface area contributed by atoms with Crippen LogP contribution < -0.4 is 10.1 Å². The second-order valence-electron chi connectivity index (χ2n) is 7.08. The van der Waals surface area contributed by atoms with E-state index in [1.807, 2.05) is 29.2 Å². The molecule has 2 saturated heterocycles. The number of nitrogens with zero attached hydrogens (tertiary/aromatic N) is 1. The Labute approximate surface area is 153 Å². The molecule has 2 N–H and O–H groups in total. The Hall–Kier alpha value is -2.12. The minimum Gasteiger partial charge on any atom is -0.496 e. The van der Waals surface area contributed by atoms with E-state index in [-0.39, 0.29) is 25.0 Å². The summed E-state index contributed by atoms with van der Waals surface area (Å²) in [5.74, 6) is -0.0369. The van der Waals surface area contributed by atoms with Crippen LogP contribution in [0.25, 0.3) is 0 Å². The number of carboxylic acids is 1. The van der Waals surface area contributed by atoms with Crippen molar-refractivity contribution in [1.29, 1.82) is 0 Å². The minimum atomic E-state index is -0.865. The highest BCUT2D eigenvalue weighted by molar-refractivity contribution is 5.79. The van der Waals surface area contributed by atoms with Gasteiger partial charge in [-0.1, -0.05) is 18.2 Å². The smallest absolute Gasteiger partial charge is 0.313 e. The molecule has 142 valence electrons. The molecule has 2 atom stereocenters. The predicted octanol–water partition coefficient (Wildman–Crippen LogP) is 0.777. The summed E-state index contributed by atoms with van der Waals surface area (Å²) in [6.45, 7) is 2.57. The van der Waals surface area contributed by atoms with E-state index in [1.165, 1.54) is 0 Å². The Balaban J connectivity index is 1.49. The molecule has 7 nitrogen and oxygen atoms in total. The maximum Gasteiger partial charge on any atom is 0.313 e. The van der Waals surface area contributed by atoms with Crippen LogP contribution in [0.4, 0.5) is 0 Å². The van der Waals surface area contributed by atoms with Gasteiger partial charge in [-0.3, -0.25) is 14.5 Å².